The second-order valence-electron chi connectivity index (χ2n) is 7.51. The first kappa shape index (κ1) is 17.6. The molecule has 0 radical (unpaired) electrons. The molecule has 2 atom stereocenters. The first-order valence-electron chi connectivity index (χ1n) is 9.15. The number of carbonyl (C=O) groups is 1. The van der Waals surface area contributed by atoms with E-state index in [2.05, 4.69) is 53.6 Å². The number of hydrogen-bond acceptors (Lipinski definition) is 4. The average molecular weight is 341 g/mol. The van der Waals surface area contributed by atoms with Crippen molar-refractivity contribution in [2.75, 3.05) is 6.54 Å². The lowest BCUT2D eigenvalue weighted by molar-refractivity contribution is -0.122. The Morgan fingerprint density at radius 3 is 2.52 bits per heavy atom. The minimum absolute atomic E-state index is 0.0961. The van der Waals surface area contributed by atoms with Gasteiger partial charge in [0.25, 0.3) is 0 Å². The molecule has 1 N–H and O–H groups in total. The van der Waals surface area contributed by atoms with Crippen LogP contribution in [0.4, 0.5) is 0 Å². The Bertz CT molecular complexity index is 719. The molecule has 1 aliphatic carbocycles. The van der Waals surface area contributed by atoms with E-state index in [0.717, 1.165) is 6.42 Å². The molecule has 0 spiro atoms. The van der Waals surface area contributed by atoms with Crippen molar-refractivity contribution in [2.24, 2.45) is 5.92 Å². The quantitative estimate of drug-likeness (QED) is 0.832. The van der Waals surface area contributed by atoms with E-state index in [4.69, 9.17) is 4.52 Å². The van der Waals surface area contributed by atoms with Crippen molar-refractivity contribution in [1.29, 1.82) is 0 Å². The van der Waals surface area contributed by atoms with Gasteiger partial charge < -0.3 is 9.84 Å². The Labute approximate surface area is 149 Å². The van der Waals surface area contributed by atoms with Gasteiger partial charge in [-0.3, -0.25) is 4.79 Å². The summed E-state index contributed by atoms with van der Waals surface area (Å²) < 4.78 is 5.19. The van der Waals surface area contributed by atoms with E-state index in [1.54, 1.807) is 0 Å². The van der Waals surface area contributed by atoms with E-state index >= 15 is 0 Å². The Morgan fingerprint density at radius 2 is 1.92 bits per heavy atom. The number of rotatable bonds is 7. The topological polar surface area (TPSA) is 68.0 Å². The van der Waals surface area contributed by atoms with Gasteiger partial charge in [-0.2, -0.15) is 4.98 Å². The van der Waals surface area contributed by atoms with Crippen LogP contribution in [0.5, 0.6) is 0 Å². The molecule has 1 saturated carbocycles. The molecular formula is C20H27N3O2. The van der Waals surface area contributed by atoms with Gasteiger partial charge in [0.05, 0.1) is 0 Å². The fourth-order valence-electron chi connectivity index (χ4n) is 3.01. The van der Waals surface area contributed by atoms with Gasteiger partial charge in [0.2, 0.25) is 11.8 Å². The van der Waals surface area contributed by atoms with Crippen LogP contribution in [0.2, 0.25) is 0 Å². The van der Waals surface area contributed by atoms with Gasteiger partial charge in [-0.1, -0.05) is 57.1 Å². The lowest BCUT2D eigenvalue weighted by Gasteiger charge is -2.07. The summed E-state index contributed by atoms with van der Waals surface area (Å²) in [4.78, 5) is 16.6. The normalized spacial score (nSPS) is 19.4. The molecule has 1 heterocycles. The third-order valence-corrected chi connectivity index (χ3v) is 4.80. The Hall–Kier alpha value is -2.17. The smallest absolute Gasteiger partial charge is 0.228 e. The first-order chi connectivity index (χ1) is 12.0. The van der Waals surface area contributed by atoms with Gasteiger partial charge in [0.15, 0.2) is 5.82 Å². The molecule has 2 aromatic rings. The van der Waals surface area contributed by atoms with Crippen LogP contribution >= 0.6 is 0 Å². The van der Waals surface area contributed by atoms with Crippen molar-refractivity contribution in [3.05, 3.63) is 47.1 Å². The fourth-order valence-corrected chi connectivity index (χ4v) is 3.01. The summed E-state index contributed by atoms with van der Waals surface area (Å²) in [5, 5.41) is 6.93. The first-order valence-corrected chi connectivity index (χ1v) is 9.15. The van der Waals surface area contributed by atoms with E-state index < -0.39 is 0 Å². The second kappa shape index (κ2) is 7.38. The summed E-state index contributed by atoms with van der Waals surface area (Å²) in [6, 6.07) is 8.68. The summed E-state index contributed by atoms with van der Waals surface area (Å²) in [7, 11) is 0. The minimum atomic E-state index is 0.0961. The molecule has 1 aromatic carbocycles. The predicted molar refractivity (Wildman–Crippen MR) is 96.5 cm³/mol. The fraction of sp³-hybridized carbons (Fsp3) is 0.550. The van der Waals surface area contributed by atoms with Gasteiger partial charge in [0, 0.05) is 24.8 Å². The monoisotopic (exact) mass is 341 g/mol. The molecule has 1 amide bonds. The van der Waals surface area contributed by atoms with Crippen LogP contribution < -0.4 is 5.32 Å². The van der Waals surface area contributed by atoms with Gasteiger partial charge in [0.1, 0.15) is 0 Å². The van der Waals surface area contributed by atoms with Crippen molar-refractivity contribution in [2.45, 2.75) is 58.3 Å². The maximum Gasteiger partial charge on any atom is 0.228 e. The maximum atomic E-state index is 12.3. The molecule has 1 aliphatic rings. The molecule has 5 nitrogen and oxygen atoms in total. The summed E-state index contributed by atoms with van der Waals surface area (Å²) in [5.74, 6) is 2.67. The van der Waals surface area contributed by atoms with Crippen LogP contribution in [0.15, 0.2) is 28.8 Å². The van der Waals surface area contributed by atoms with Crippen molar-refractivity contribution in [3.63, 3.8) is 0 Å². The molecule has 3 rings (SSSR count). The molecule has 0 bridgehead atoms. The molecular weight excluding hydrogens is 314 g/mol. The van der Waals surface area contributed by atoms with Crippen molar-refractivity contribution >= 4 is 5.91 Å². The molecule has 0 aliphatic heterocycles. The number of benzene rings is 1. The zero-order valence-electron chi connectivity index (χ0n) is 15.5. The number of nitrogens with one attached hydrogen (secondary N) is 1. The molecule has 0 unspecified atom stereocenters. The highest BCUT2D eigenvalue weighted by Crippen LogP contribution is 2.47. The number of amides is 1. The van der Waals surface area contributed by atoms with E-state index in [-0.39, 0.29) is 17.7 Å². The van der Waals surface area contributed by atoms with Crippen LogP contribution in [-0.2, 0) is 11.2 Å². The number of carbonyl (C=O) groups excluding carboxylic acids is 1. The number of aromatic nitrogens is 2. The van der Waals surface area contributed by atoms with Gasteiger partial charge in [-0.25, -0.2) is 0 Å². The van der Waals surface area contributed by atoms with Gasteiger partial charge >= 0.3 is 0 Å². The lowest BCUT2D eigenvalue weighted by Crippen LogP contribution is -2.27. The van der Waals surface area contributed by atoms with E-state index in [1.165, 1.54) is 11.1 Å². The summed E-state index contributed by atoms with van der Waals surface area (Å²) >= 11 is 0. The Balaban J connectivity index is 1.45. The largest absolute Gasteiger partial charge is 0.355 e. The molecule has 5 heteroatoms. The highest BCUT2D eigenvalue weighted by atomic mass is 16.5. The SMILES string of the molecule is CC(C)c1ccc([C@H]2C[C@H]2C(=O)NCCc2nc(C(C)C)no2)cc1. The number of nitrogens with zero attached hydrogens (tertiary/aromatic N) is 2. The van der Waals surface area contributed by atoms with E-state index in [9.17, 15) is 4.79 Å². The zero-order chi connectivity index (χ0) is 18.0. The van der Waals surface area contributed by atoms with Crippen molar-refractivity contribution in [1.82, 2.24) is 15.5 Å². The highest BCUT2D eigenvalue weighted by molar-refractivity contribution is 5.82. The van der Waals surface area contributed by atoms with E-state index in [1.807, 2.05) is 13.8 Å². The standard InChI is InChI=1S/C20H27N3O2/c1-12(2)14-5-7-15(8-6-14)16-11-17(16)20(24)21-10-9-18-22-19(13(3)4)23-25-18/h5-8,12-13,16-17H,9-11H2,1-4H3,(H,21,24)/t16-,17-/m1/s1. The minimum Gasteiger partial charge on any atom is -0.355 e. The predicted octanol–water partition coefficient (Wildman–Crippen LogP) is 3.78. The van der Waals surface area contributed by atoms with Crippen LogP contribution in [-0.4, -0.2) is 22.6 Å². The van der Waals surface area contributed by atoms with Crippen molar-refractivity contribution < 1.29 is 9.32 Å². The molecule has 1 fully saturated rings. The van der Waals surface area contributed by atoms with Crippen LogP contribution in [0, 0.1) is 5.92 Å². The Kier molecular flexibility index (Phi) is 5.21. The van der Waals surface area contributed by atoms with Gasteiger partial charge in [-0.05, 0) is 29.4 Å². The highest BCUT2D eigenvalue weighted by Gasteiger charge is 2.43. The molecule has 1 aromatic heterocycles. The van der Waals surface area contributed by atoms with Crippen molar-refractivity contribution in [3.8, 4) is 0 Å². The van der Waals surface area contributed by atoms with E-state index in [0.29, 0.717) is 36.5 Å². The molecule has 0 saturated heterocycles. The third kappa shape index (κ3) is 4.27. The molecule has 134 valence electrons. The number of hydrogen-bond donors (Lipinski definition) is 1. The lowest BCUT2D eigenvalue weighted by atomic mass is 10.00. The third-order valence-electron chi connectivity index (χ3n) is 4.80. The zero-order valence-corrected chi connectivity index (χ0v) is 15.5. The average Bonchev–Trinajstić information content (AvgIpc) is 3.25. The second-order valence-corrected chi connectivity index (χ2v) is 7.51. The summed E-state index contributed by atoms with van der Waals surface area (Å²) in [6.45, 7) is 8.97. The van der Waals surface area contributed by atoms with Crippen LogP contribution in [0.1, 0.15) is 74.7 Å². The van der Waals surface area contributed by atoms with Crippen LogP contribution in [0.3, 0.4) is 0 Å². The Morgan fingerprint density at radius 1 is 1.20 bits per heavy atom. The maximum absolute atomic E-state index is 12.3. The summed E-state index contributed by atoms with van der Waals surface area (Å²) in [6.07, 6.45) is 1.51. The van der Waals surface area contributed by atoms with Gasteiger partial charge in [-0.15, -0.1) is 0 Å². The molecule has 25 heavy (non-hydrogen) atoms. The van der Waals surface area contributed by atoms with Crippen LogP contribution in [0.25, 0.3) is 0 Å². The summed E-state index contributed by atoms with van der Waals surface area (Å²) in [5.41, 5.74) is 2.61.